The Hall–Kier alpha value is -1.79. The van der Waals surface area contributed by atoms with Crippen molar-refractivity contribution in [1.29, 1.82) is 0 Å². The number of ether oxygens (including phenoxy) is 1. The van der Waals surface area contributed by atoms with Crippen molar-refractivity contribution in [3.05, 3.63) is 0 Å². The average Bonchev–Trinajstić information content (AvgIpc) is 2.44. The molecule has 7 nitrogen and oxygen atoms in total. The molecule has 1 saturated heterocycles. The van der Waals surface area contributed by atoms with E-state index in [1.165, 1.54) is 4.90 Å². The summed E-state index contributed by atoms with van der Waals surface area (Å²) in [6, 6.07) is -0.894. The zero-order valence-corrected chi connectivity index (χ0v) is 15.3. The van der Waals surface area contributed by atoms with Crippen molar-refractivity contribution in [2.45, 2.75) is 65.5 Å². The number of amides is 2. The second-order valence-corrected chi connectivity index (χ2v) is 7.79. The Bertz CT molecular complexity index is 470. The van der Waals surface area contributed by atoms with Crippen molar-refractivity contribution < 1.29 is 24.2 Å². The van der Waals surface area contributed by atoms with Gasteiger partial charge in [0, 0.05) is 13.1 Å². The van der Waals surface area contributed by atoms with E-state index >= 15 is 0 Å². The first-order valence-electron chi connectivity index (χ1n) is 8.50. The number of nitrogens with zero attached hydrogens (tertiary/aromatic N) is 1. The van der Waals surface area contributed by atoms with Crippen molar-refractivity contribution in [3.63, 3.8) is 0 Å². The summed E-state index contributed by atoms with van der Waals surface area (Å²) in [7, 11) is 0. The molecule has 0 bridgehead atoms. The number of carboxylic acids is 1. The second-order valence-electron chi connectivity index (χ2n) is 7.79. The molecule has 2 atom stereocenters. The third-order valence-corrected chi connectivity index (χ3v) is 3.77. The number of aliphatic carboxylic acids is 1. The Morgan fingerprint density at radius 1 is 1.29 bits per heavy atom. The highest BCUT2D eigenvalue weighted by atomic mass is 16.6. The third kappa shape index (κ3) is 6.76. The number of rotatable bonds is 5. The minimum absolute atomic E-state index is 0.163. The first kappa shape index (κ1) is 20.3. The predicted molar refractivity (Wildman–Crippen MR) is 89.6 cm³/mol. The van der Waals surface area contributed by atoms with Gasteiger partial charge in [-0.05, 0) is 46.0 Å². The largest absolute Gasteiger partial charge is 0.480 e. The SMILES string of the molecule is CC(C)C[C@H](NC(=O)[C@H]1CCCN(C(=O)OC(C)(C)C)C1)C(=O)O. The molecule has 1 rings (SSSR count). The molecule has 0 aromatic carbocycles. The summed E-state index contributed by atoms with van der Waals surface area (Å²) in [5.74, 6) is -1.58. The molecule has 7 heteroatoms. The van der Waals surface area contributed by atoms with E-state index in [0.29, 0.717) is 25.8 Å². The summed E-state index contributed by atoms with van der Waals surface area (Å²) >= 11 is 0. The Morgan fingerprint density at radius 2 is 1.92 bits per heavy atom. The van der Waals surface area contributed by atoms with E-state index in [-0.39, 0.29) is 18.4 Å². The second kappa shape index (κ2) is 8.35. The molecule has 1 fully saturated rings. The average molecular weight is 342 g/mol. The molecule has 0 aromatic rings. The summed E-state index contributed by atoms with van der Waals surface area (Å²) < 4.78 is 5.34. The summed E-state index contributed by atoms with van der Waals surface area (Å²) in [5.41, 5.74) is -0.585. The fraction of sp³-hybridized carbons (Fsp3) is 0.824. The summed E-state index contributed by atoms with van der Waals surface area (Å²) in [5, 5.41) is 11.8. The first-order valence-corrected chi connectivity index (χ1v) is 8.50. The monoisotopic (exact) mass is 342 g/mol. The molecule has 24 heavy (non-hydrogen) atoms. The first-order chi connectivity index (χ1) is 11.0. The maximum absolute atomic E-state index is 12.4. The molecule has 1 aliphatic heterocycles. The number of carbonyl (C=O) groups is 3. The maximum Gasteiger partial charge on any atom is 0.410 e. The van der Waals surface area contributed by atoms with Crippen LogP contribution in [0.2, 0.25) is 0 Å². The van der Waals surface area contributed by atoms with Crippen LogP contribution < -0.4 is 5.32 Å². The van der Waals surface area contributed by atoms with Gasteiger partial charge < -0.3 is 20.1 Å². The van der Waals surface area contributed by atoms with Crippen LogP contribution >= 0.6 is 0 Å². The van der Waals surface area contributed by atoms with Crippen LogP contribution in [0.4, 0.5) is 4.79 Å². The van der Waals surface area contributed by atoms with Gasteiger partial charge in [0.1, 0.15) is 11.6 Å². The highest BCUT2D eigenvalue weighted by Crippen LogP contribution is 2.20. The van der Waals surface area contributed by atoms with Crippen LogP contribution in [0.25, 0.3) is 0 Å². The van der Waals surface area contributed by atoms with Crippen LogP contribution in [-0.2, 0) is 14.3 Å². The van der Waals surface area contributed by atoms with E-state index in [9.17, 15) is 19.5 Å². The van der Waals surface area contributed by atoms with Crippen LogP contribution in [0.1, 0.15) is 53.9 Å². The van der Waals surface area contributed by atoms with Gasteiger partial charge in [-0.15, -0.1) is 0 Å². The Labute approximate surface area is 143 Å². The molecule has 2 amide bonds. The van der Waals surface area contributed by atoms with Crippen LogP contribution in [-0.4, -0.2) is 52.7 Å². The van der Waals surface area contributed by atoms with Crippen LogP contribution in [0.3, 0.4) is 0 Å². The lowest BCUT2D eigenvalue weighted by atomic mass is 9.96. The molecule has 1 aliphatic rings. The van der Waals surface area contributed by atoms with Gasteiger partial charge in [-0.25, -0.2) is 9.59 Å². The number of likely N-dealkylation sites (tertiary alicyclic amines) is 1. The quantitative estimate of drug-likeness (QED) is 0.799. The predicted octanol–water partition coefficient (Wildman–Crippen LogP) is 2.25. The van der Waals surface area contributed by atoms with Crippen LogP contribution in [0, 0.1) is 11.8 Å². The van der Waals surface area contributed by atoms with Crippen molar-refractivity contribution in [2.75, 3.05) is 13.1 Å². The molecule has 2 N–H and O–H groups in total. The number of carboxylic acid groups (broad SMARTS) is 1. The van der Waals surface area contributed by atoms with E-state index in [2.05, 4.69) is 5.32 Å². The molecule has 0 aromatic heterocycles. The van der Waals surface area contributed by atoms with Gasteiger partial charge in [0.2, 0.25) is 5.91 Å². The number of piperidine rings is 1. The van der Waals surface area contributed by atoms with Gasteiger partial charge in [-0.3, -0.25) is 4.79 Å². The lowest BCUT2D eigenvalue weighted by Crippen LogP contribution is -2.50. The van der Waals surface area contributed by atoms with E-state index in [0.717, 1.165) is 0 Å². The van der Waals surface area contributed by atoms with Gasteiger partial charge in [-0.1, -0.05) is 13.8 Å². The highest BCUT2D eigenvalue weighted by Gasteiger charge is 2.32. The fourth-order valence-corrected chi connectivity index (χ4v) is 2.67. The molecule has 0 unspecified atom stereocenters. The summed E-state index contributed by atoms with van der Waals surface area (Å²) in [6.45, 7) is 10.0. The number of carbonyl (C=O) groups excluding carboxylic acids is 2. The van der Waals surface area contributed by atoms with Gasteiger partial charge in [0.25, 0.3) is 0 Å². The summed E-state index contributed by atoms with van der Waals surface area (Å²) in [6.07, 6.45) is 1.28. The lowest BCUT2D eigenvalue weighted by molar-refractivity contribution is -0.143. The minimum atomic E-state index is -1.03. The van der Waals surface area contributed by atoms with E-state index in [1.807, 2.05) is 13.8 Å². The van der Waals surface area contributed by atoms with Gasteiger partial charge >= 0.3 is 12.1 Å². The normalized spacial score (nSPS) is 19.8. The number of hydrogen-bond acceptors (Lipinski definition) is 4. The fourth-order valence-electron chi connectivity index (χ4n) is 2.67. The zero-order chi connectivity index (χ0) is 18.5. The highest BCUT2D eigenvalue weighted by molar-refractivity contribution is 5.85. The molecule has 0 aliphatic carbocycles. The van der Waals surface area contributed by atoms with Gasteiger partial charge in [0.05, 0.1) is 5.92 Å². The Balaban J connectivity index is 2.64. The van der Waals surface area contributed by atoms with Crippen LogP contribution in [0.15, 0.2) is 0 Å². The van der Waals surface area contributed by atoms with E-state index < -0.39 is 29.6 Å². The molecule has 0 spiro atoms. The number of nitrogens with one attached hydrogen (secondary N) is 1. The Morgan fingerprint density at radius 3 is 2.42 bits per heavy atom. The molecule has 0 saturated carbocycles. The maximum atomic E-state index is 12.4. The number of hydrogen-bond donors (Lipinski definition) is 2. The minimum Gasteiger partial charge on any atom is -0.480 e. The lowest BCUT2D eigenvalue weighted by Gasteiger charge is -2.34. The molecular weight excluding hydrogens is 312 g/mol. The van der Waals surface area contributed by atoms with Crippen molar-refractivity contribution >= 4 is 18.0 Å². The van der Waals surface area contributed by atoms with Gasteiger partial charge in [-0.2, -0.15) is 0 Å². The van der Waals surface area contributed by atoms with Crippen molar-refractivity contribution in [2.24, 2.45) is 11.8 Å². The van der Waals surface area contributed by atoms with E-state index in [1.54, 1.807) is 20.8 Å². The Kier molecular flexibility index (Phi) is 7.05. The molecule has 138 valence electrons. The zero-order valence-electron chi connectivity index (χ0n) is 15.3. The molecule has 0 radical (unpaired) electrons. The third-order valence-electron chi connectivity index (χ3n) is 3.77. The molecular formula is C17H30N2O5. The van der Waals surface area contributed by atoms with Gasteiger partial charge in [0.15, 0.2) is 0 Å². The van der Waals surface area contributed by atoms with E-state index in [4.69, 9.17) is 4.74 Å². The van der Waals surface area contributed by atoms with Crippen molar-refractivity contribution in [1.82, 2.24) is 10.2 Å². The molecule has 1 heterocycles. The summed E-state index contributed by atoms with van der Waals surface area (Å²) in [4.78, 5) is 37.3. The van der Waals surface area contributed by atoms with Crippen LogP contribution in [0.5, 0.6) is 0 Å². The smallest absolute Gasteiger partial charge is 0.410 e. The van der Waals surface area contributed by atoms with Crippen molar-refractivity contribution in [3.8, 4) is 0 Å². The topological polar surface area (TPSA) is 95.9 Å². The standard InChI is InChI=1S/C17H30N2O5/c1-11(2)9-13(15(21)22)18-14(20)12-7-6-8-19(10-12)16(23)24-17(3,4)5/h11-13H,6-10H2,1-5H3,(H,18,20)(H,21,22)/t12-,13-/m0/s1.